The summed E-state index contributed by atoms with van der Waals surface area (Å²) in [4.78, 5) is 12.2. The van der Waals surface area contributed by atoms with Gasteiger partial charge in [-0.25, -0.2) is 0 Å². The lowest BCUT2D eigenvalue weighted by Crippen LogP contribution is -2.32. The summed E-state index contributed by atoms with van der Waals surface area (Å²) in [6, 6.07) is 3.84. The number of nitrogens with one attached hydrogen (secondary N) is 1. The van der Waals surface area contributed by atoms with Gasteiger partial charge >= 0.3 is 0 Å². The molecule has 13 heavy (non-hydrogen) atoms. The molecular weight excluding hydrogens is 318 g/mol. The summed E-state index contributed by atoms with van der Waals surface area (Å²) >= 11 is 8.05. The van der Waals surface area contributed by atoms with Crippen LogP contribution in [0.2, 0.25) is 0 Å². The average Bonchev–Trinajstić information content (AvgIpc) is 2.51. The number of hydrogen-bond donors (Lipinski definition) is 1. The Bertz CT molecular complexity index is 300. The first-order valence-corrected chi connectivity index (χ1v) is 6.48. The summed E-state index contributed by atoms with van der Waals surface area (Å²) in [6.07, 6.45) is 0. The monoisotopic (exact) mass is 325 g/mol. The van der Waals surface area contributed by atoms with Crippen molar-refractivity contribution in [2.75, 3.05) is 5.33 Å². The standard InChI is InChI=1S/C8H9Br2NOS/c1-5(4-9)11-8(12)6-2-3-7(10)13-6/h2-3,5H,4H2,1H3,(H,11,12). The SMILES string of the molecule is CC(CBr)NC(=O)c1ccc(Br)s1. The normalized spacial score (nSPS) is 12.5. The lowest BCUT2D eigenvalue weighted by molar-refractivity contribution is 0.0948. The lowest BCUT2D eigenvalue weighted by atomic mass is 10.3. The van der Waals surface area contributed by atoms with Gasteiger partial charge in [-0.3, -0.25) is 4.79 Å². The molecule has 1 aromatic heterocycles. The maximum Gasteiger partial charge on any atom is 0.261 e. The first-order valence-electron chi connectivity index (χ1n) is 3.75. The third-order valence-corrected chi connectivity index (χ3v) is 4.00. The molecule has 0 aliphatic heterocycles. The van der Waals surface area contributed by atoms with Crippen LogP contribution in [0.3, 0.4) is 0 Å². The van der Waals surface area contributed by atoms with Crippen molar-refractivity contribution in [3.05, 3.63) is 20.8 Å². The average molecular weight is 327 g/mol. The quantitative estimate of drug-likeness (QED) is 0.850. The highest BCUT2D eigenvalue weighted by molar-refractivity contribution is 9.11. The zero-order chi connectivity index (χ0) is 9.84. The molecule has 2 nitrogen and oxygen atoms in total. The molecule has 0 aliphatic carbocycles. The van der Waals surface area contributed by atoms with Crippen molar-refractivity contribution >= 4 is 49.1 Å². The van der Waals surface area contributed by atoms with E-state index in [0.29, 0.717) is 0 Å². The van der Waals surface area contributed by atoms with Gasteiger partial charge in [0, 0.05) is 11.4 Å². The highest BCUT2D eigenvalue weighted by Crippen LogP contribution is 2.21. The fourth-order valence-corrected chi connectivity index (χ4v) is 2.22. The Kier molecular flexibility index (Phi) is 4.41. The van der Waals surface area contributed by atoms with E-state index in [0.717, 1.165) is 14.0 Å². The number of carbonyl (C=O) groups excluding carboxylic acids is 1. The van der Waals surface area contributed by atoms with Gasteiger partial charge in [0.1, 0.15) is 0 Å². The molecule has 1 rings (SSSR count). The van der Waals surface area contributed by atoms with E-state index in [1.54, 1.807) is 0 Å². The summed E-state index contributed by atoms with van der Waals surface area (Å²) in [5.74, 6) is -0.0114. The Labute approximate surface area is 98.0 Å². The van der Waals surface area contributed by atoms with Crippen LogP contribution < -0.4 is 5.32 Å². The Morgan fingerprint density at radius 3 is 2.85 bits per heavy atom. The molecule has 0 saturated heterocycles. The van der Waals surface area contributed by atoms with Gasteiger partial charge in [0.15, 0.2) is 0 Å². The van der Waals surface area contributed by atoms with Crippen LogP contribution >= 0.6 is 43.2 Å². The van der Waals surface area contributed by atoms with Crippen LogP contribution in [0.25, 0.3) is 0 Å². The first-order chi connectivity index (χ1) is 6.13. The van der Waals surface area contributed by atoms with Crippen molar-refractivity contribution in [3.8, 4) is 0 Å². The fraction of sp³-hybridized carbons (Fsp3) is 0.375. The zero-order valence-electron chi connectivity index (χ0n) is 7.01. The smallest absolute Gasteiger partial charge is 0.261 e. The van der Waals surface area contributed by atoms with Crippen molar-refractivity contribution in [1.82, 2.24) is 5.32 Å². The molecule has 0 aliphatic rings. The van der Waals surface area contributed by atoms with E-state index in [1.165, 1.54) is 11.3 Å². The molecule has 72 valence electrons. The zero-order valence-corrected chi connectivity index (χ0v) is 11.0. The van der Waals surface area contributed by atoms with Gasteiger partial charge in [0.05, 0.1) is 8.66 Å². The van der Waals surface area contributed by atoms with E-state index in [2.05, 4.69) is 37.2 Å². The Morgan fingerprint density at radius 2 is 2.38 bits per heavy atom. The van der Waals surface area contributed by atoms with Crippen molar-refractivity contribution in [2.24, 2.45) is 0 Å². The first kappa shape index (κ1) is 11.2. The number of alkyl halides is 1. The van der Waals surface area contributed by atoms with E-state index in [4.69, 9.17) is 0 Å². The minimum absolute atomic E-state index is 0.0114. The molecule has 1 N–H and O–H groups in total. The Morgan fingerprint density at radius 1 is 1.69 bits per heavy atom. The summed E-state index contributed by atoms with van der Waals surface area (Å²) in [5.41, 5.74) is 0. The third kappa shape index (κ3) is 3.40. The molecule has 0 radical (unpaired) electrons. The highest BCUT2D eigenvalue weighted by Gasteiger charge is 2.10. The second-order valence-electron chi connectivity index (χ2n) is 2.63. The second kappa shape index (κ2) is 5.12. The minimum Gasteiger partial charge on any atom is -0.348 e. The number of carbonyl (C=O) groups is 1. The topological polar surface area (TPSA) is 29.1 Å². The van der Waals surface area contributed by atoms with Gasteiger partial charge in [-0.05, 0) is 35.0 Å². The molecule has 0 aromatic carbocycles. The van der Waals surface area contributed by atoms with E-state index in [1.807, 2.05) is 19.1 Å². The van der Waals surface area contributed by atoms with Gasteiger partial charge in [0.2, 0.25) is 0 Å². The van der Waals surface area contributed by atoms with E-state index < -0.39 is 0 Å². The Hall–Kier alpha value is 0.130. The molecule has 0 bridgehead atoms. The molecule has 1 unspecified atom stereocenters. The van der Waals surface area contributed by atoms with Gasteiger partial charge in [-0.2, -0.15) is 0 Å². The number of amides is 1. The molecule has 1 heterocycles. The van der Waals surface area contributed by atoms with E-state index in [9.17, 15) is 4.79 Å². The molecule has 1 amide bonds. The van der Waals surface area contributed by atoms with Crippen LogP contribution in [-0.2, 0) is 0 Å². The molecule has 0 saturated carbocycles. The third-order valence-electron chi connectivity index (χ3n) is 1.41. The predicted molar refractivity (Wildman–Crippen MR) is 62.7 cm³/mol. The summed E-state index contributed by atoms with van der Waals surface area (Å²) in [6.45, 7) is 1.95. The van der Waals surface area contributed by atoms with E-state index >= 15 is 0 Å². The van der Waals surface area contributed by atoms with Crippen LogP contribution in [0.4, 0.5) is 0 Å². The molecule has 1 aromatic rings. The molecular formula is C8H9Br2NOS. The van der Waals surface area contributed by atoms with Crippen molar-refractivity contribution in [2.45, 2.75) is 13.0 Å². The van der Waals surface area contributed by atoms with Gasteiger partial charge in [0.25, 0.3) is 5.91 Å². The summed E-state index contributed by atoms with van der Waals surface area (Å²) in [5, 5.41) is 3.63. The minimum atomic E-state index is -0.0114. The van der Waals surface area contributed by atoms with Crippen LogP contribution in [0.1, 0.15) is 16.6 Å². The highest BCUT2D eigenvalue weighted by atomic mass is 79.9. The van der Waals surface area contributed by atoms with Gasteiger partial charge in [-0.1, -0.05) is 15.9 Å². The van der Waals surface area contributed by atoms with Crippen LogP contribution in [0, 0.1) is 0 Å². The number of halogens is 2. The molecule has 5 heteroatoms. The van der Waals surface area contributed by atoms with E-state index in [-0.39, 0.29) is 11.9 Å². The number of hydrogen-bond acceptors (Lipinski definition) is 2. The maximum absolute atomic E-state index is 11.5. The maximum atomic E-state index is 11.5. The fourth-order valence-electron chi connectivity index (χ4n) is 0.770. The van der Waals surface area contributed by atoms with Crippen LogP contribution in [-0.4, -0.2) is 17.3 Å². The largest absolute Gasteiger partial charge is 0.348 e. The summed E-state index contributed by atoms with van der Waals surface area (Å²) < 4.78 is 0.976. The number of rotatable bonds is 3. The van der Waals surface area contributed by atoms with Gasteiger partial charge in [-0.15, -0.1) is 11.3 Å². The molecule has 0 spiro atoms. The Balaban J connectivity index is 2.58. The second-order valence-corrected chi connectivity index (χ2v) is 5.74. The van der Waals surface area contributed by atoms with Crippen molar-refractivity contribution in [1.29, 1.82) is 0 Å². The van der Waals surface area contributed by atoms with Crippen molar-refractivity contribution in [3.63, 3.8) is 0 Å². The predicted octanol–water partition coefficient (Wildman–Crippen LogP) is 3.02. The van der Waals surface area contributed by atoms with Gasteiger partial charge < -0.3 is 5.32 Å². The molecule has 1 atom stereocenters. The van der Waals surface area contributed by atoms with Crippen LogP contribution in [0.5, 0.6) is 0 Å². The molecule has 0 fully saturated rings. The van der Waals surface area contributed by atoms with Crippen molar-refractivity contribution < 1.29 is 4.79 Å². The number of thiophene rings is 1. The van der Waals surface area contributed by atoms with Crippen LogP contribution in [0.15, 0.2) is 15.9 Å². The lowest BCUT2D eigenvalue weighted by Gasteiger charge is -2.08. The summed E-state index contributed by atoms with van der Waals surface area (Å²) in [7, 11) is 0.